The van der Waals surface area contributed by atoms with Gasteiger partial charge in [-0.3, -0.25) is 9.78 Å². The highest BCUT2D eigenvalue weighted by molar-refractivity contribution is 7.15. The lowest BCUT2D eigenvalue weighted by Gasteiger charge is -2.22. The lowest BCUT2D eigenvalue weighted by atomic mass is 9.84. The van der Waals surface area contributed by atoms with Crippen LogP contribution in [0.2, 0.25) is 0 Å². The molecule has 3 aromatic rings. The second kappa shape index (κ2) is 9.05. The van der Waals surface area contributed by atoms with Crippen molar-refractivity contribution >= 4 is 11.3 Å². The van der Waals surface area contributed by atoms with Gasteiger partial charge in [0.15, 0.2) is 5.01 Å². The van der Waals surface area contributed by atoms with Crippen molar-refractivity contribution < 1.29 is 22.0 Å². The third-order valence-corrected chi connectivity index (χ3v) is 6.53. The van der Waals surface area contributed by atoms with Crippen LogP contribution < -0.4 is 5.56 Å². The lowest BCUT2D eigenvalue weighted by Crippen LogP contribution is -2.30. The van der Waals surface area contributed by atoms with Crippen LogP contribution in [-0.4, -0.2) is 19.7 Å². The number of hydrogen-bond donors (Lipinski definition) is 0. The average molecular weight is 470 g/mol. The Kier molecular flexibility index (Phi) is 6.36. The maximum absolute atomic E-state index is 13.4. The van der Waals surface area contributed by atoms with Gasteiger partial charge in [0.2, 0.25) is 0 Å². The first-order valence-electron chi connectivity index (χ1n) is 10.1. The molecular weight excluding hydrogens is 451 g/mol. The fourth-order valence-corrected chi connectivity index (χ4v) is 4.70. The van der Waals surface area contributed by atoms with E-state index in [0.29, 0.717) is 10.4 Å². The molecule has 0 spiro atoms. The smallest absolute Gasteiger partial charge is 0.267 e. The van der Waals surface area contributed by atoms with Gasteiger partial charge in [0.05, 0.1) is 22.7 Å². The van der Waals surface area contributed by atoms with Crippen molar-refractivity contribution in [3.8, 4) is 10.6 Å². The summed E-state index contributed by atoms with van der Waals surface area (Å²) in [4.78, 5) is 21.0. The molecule has 0 saturated heterocycles. The first-order chi connectivity index (χ1) is 15.2. The van der Waals surface area contributed by atoms with Crippen LogP contribution in [0.4, 0.5) is 22.0 Å². The Morgan fingerprint density at radius 2 is 1.91 bits per heavy atom. The fourth-order valence-electron chi connectivity index (χ4n) is 3.97. The third-order valence-electron chi connectivity index (χ3n) is 5.50. The zero-order valence-corrected chi connectivity index (χ0v) is 17.6. The van der Waals surface area contributed by atoms with Gasteiger partial charge in [-0.1, -0.05) is 19.3 Å². The quantitative estimate of drug-likeness (QED) is 0.441. The van der Waals surface area contributed by atoms with Gasteiger partial charge in [0, 0.05) is 18.0 Å². The molecule has 1 fully saturated rings. The maximum Gasteiger partial charge on any atom is 0.418 e. The van der Waals surface area contributed by atoms with Crippen LogP contribution in [0.15, 0.2) is 35.4 Å². The molecule has 0 unspecified atom stereocenters. The van der Waals surface area contributed by atoms with Crippen molar-refractivity contribution in [2.75, 3.05) is 0 Å². The van der Waals surface area contributed by atoms with Crippen LogP contribution in [0, 0.1) is 0 Å². The van der Waals surface area contributed by atoms with E-state index in [4.69, 9.17) is 0 Å². The van der Waals surface area contributed by atoms with Crippen molar-refractivity contribution in [3.05, 3.63) is 62.8 Å². The van der Waals surface area contributed by atoms with Crippen molar-refractivity contribution in [2.45, 2.75) is 57.2 Å². The Morgan fingerprint density at radius 3 is 2.56 bits per heavy atom. The maximum atomic E-state index is 13.4. The van der Waals surface area contributed by atoms with Gasteiger partial charge >= 0.3 is 6.18 Å². The van der Waals surface area contributed by atoms with Crippen LogP contribution in [0.25, 0.3) is 10.6 Å². The molecule has 1 aliphatic rings. The molecule has 0 radical (unpaired) electrons. The fraction of sp³-hybridized carbons (Fsp3) is 0.429. The molecule has 0 bridgehead atoms. The number of pyridine rings is 1. The van der Waals surface area contributed by atoms with Gasteiger partial charge in [-0.05, 0) is 37.0 Å². The van der Waals surface area contributed by atoms with E-state index in [1.807, 2.05) is 0 Å². The number of aromatic nitrogens is 4. The van der Waals surface area contributed by atoms with E-state index in [1.54, 1.807) is 6.07 Å². The molecule has 0 aromatic carbocycles. The lowest BCUT2D eigenvalue weighted by molar-refractivity contribution is -0.138. The van der Waals surface area contributed by atoms with Crippen LogP contribution >= 0.6 is 11.3 Å². The Labute approximate surface area is 184 Å². The Bertz CT molecular complexity index is 1150. The Hall–Kier alpha value is -2.69. The van der Waals surface area contributed by atoms with Crippen LogP contribution in [-0.2, 0) is 12.7 Å². The Morgan fingerprint density at radius 1 is 1.16 bits per heavy atom. The summed E-state index contributed by atoms with van der Waals surface area (Å²) in [6, 6.07) is 3.65. The van der Waals surface area contributed by atoms with E-state index in [2.05, 4.69) is 15.1 Å². The first kappa shape index (κ1) is 22.5. The standard InChI is InChI=1S/C21H19F5N4OS/c22-18(23)19-28-10-17(32-19)15-9-13(12-5-2-1-3-6-12)20(31)30(29-15)11-16-14(21(24,25)26)7-4-8-27-16/h4,7-10,12,18H,1-3,5-6,11H2. The average Bonchev–Trinajstić information content (AvgIpc) is 3.26. The summed E-state index contributed by atoms with van der Waals surface area (Å²) in [5, 5.41) is 3.83. The summed E-state index contributed by atoms with van der Waals surface area (Å²) in [5.41, 5.74) is -1.10. The summed E-state index contributed by atoms with van der Waals surface area (Å²) in [6.45, 7) is -0.484. The summed E-state index contributed by atoms with van der Waals surface area (Å²) in [5.74, 6) is -0.0578. The third kappa shape index (κ3) is 4.72. The van der Waals surface area contributed by atoms with Crippen LogP contribution in [0.3, 0.4) is 0 Å². The Balaban J connectivity index is 1.82. The van der Waals surface area contributed by atoms with Crippen LogP contribution in [0.1, 0.15) is 66.3 Å². The van der Waals surface area contributed by atoms with Crippen molar-refractivity contribution in [1.29, 1.82) is 0 Å². The van der Waals surface area contributed by atoms with Gasteiger partial charge in [0.1, 0.15) is 5.69 Å². The van der Waals surface area contributed by atoms with E-state index in [9.17, 15) is 26.7 Å². The molecule has 0 N–H and O–H groups in total. The van der Waals surface area contributed by atoms with Gasteiger partial charge in [-0.2, -0.15) is 18.3 Å². The van der Waals surface area contributed by atoms with Gasteiger partial charge in [-0.15, -0.1) is 11.3 Å². The number of thiazole rings is 1. The number of halogens is 5. The highest BCUT2D eigenvalue weighted by Gasteiger charge is 2.34. The van der Waals surface area contributed by atoms with E-state index < -0.39 is 30.3 Å². The molecule has 3 aromatic heterocycles. The molecule has 5 nitrogen and oxygen atoms in total. The minimum atomic E-state index is -4.64. The SMILES string of the molecule is O=c1c(C2CCCCC2)cc(-c2cnc(C(F)F)s2)nn1Cc1ncccc1C(F)(F)F. The zero-order valence-electron chi connectivity index (χ0n) is 16.8. The van der Waals surface area contributed by atoms with Crippen molar-refractivity contribution in [1.82, 2.24) is 19.7 Å². The number of rotatable bonds is 5. The van der Waals surface area contributed by atoms with Crippen LogP contribution in [0.5, 0.6) is 0 Å². The normalized spacial score (nSPS) is 15.4. The summed E-state index contributed by atoms with van der Waals surface area (Å²) in [6.07, 6.45) is -0.427. The molecule has 1 aliphatic carbocycles. The van der Waals surface area contributed by atoms with E-state index in [1.165, 1.54) is 18.5 Å². The van der Waals surface area contributed by atoms with Gasteiger partial charge < -0.3 is 0 Å². The zero-order chi connectivity index (χ0) is 22.9. The second-order valence-electron chi connectivity index (χ2n) is 7.64. The van der Waals surface area contributed by atoms with Crippen molar-refractivity contribution in [3.63, 3.8) is 0 Å². The molecule has 0 aliphatic heterocycles. The van der Waals surface area contributed by atoms with Gasteiger partial charge in [0.25, 0.3) is 12.0 Å². The molecule has 4 rings (SSSR count). The predicted octanol–water partition coefficient (Wildman–Crippen LogP) is 5.81. The molecule has 0 amide bonds. The number of hydrogen-bond acceptors (Lipinski definition) is 5. The molecular formula is C21H19F5N4OS. The van der Waals surface area contributed by atoms with Crippen molar-refractivity contribution in [2.24, 2.45) is 0 Å². The molecule has 32 heavy (non-hydrogen) atoms. The molecule has 170 valence electrons. The van der Waals surface area contributed by atoms with E-state index >= 15 is 0 Å². The minimum absolute atomic E-state index is 0.0578. The summed E-state index contributed by atoms with van der Waals surface area (Å²) in [7, 11) is 0. The second-order valence-corrected chi connectivity index (χ2v) is 8.70. The molecule has 11 heteroatoms. The largest absolute Gasteiger partial charge is 0.418 e. The summed E-state index contributed by atoms with van der Waals surface area (Å²) >= 11 is 0.743. The highest BCUT2D eigenvalue weighted by Crippen LogP contribution is 2.35. The summed E-state index contributed by atoms with van der Waals surface area (Å²) < 4.78 is 67.2. The predicted molar refractivity (Wildman–Crippen MR) is 109 cm³/mol. The monoisotopic (exact) mass is 470 g/mol. The minimum Gasteiger partial charge on any atom is -0.267 e. The van der Waals surface area contributed by atoms with E-state index in [0.717, 1.165) is 54.2 Å². The molecule has 0 atom stereocenters. The highest BCUT2D eigenvalue weighted by atomic mass is 32.1. The topological polar surface area (TPSA) is 60.7 Å². The van der Waals surface area contributed by atoms with Gasteiger partial charge in [-0.25, -0.2) is 18.4 Å². The number of alkyl halides is 5. The molecule has 3 heterocycles. The first-order valence-corrected chi connectivity index (χ1v) is 10.9. The number of nitrogens with zero attached hydrogens (tertiary/aromatic N) is 4. The van der Waals surface area contributed by atoms with E-state index in [-0.39, 0.29) is 22.3 Å². The molecule has 1 saturated carbocycles.